The van der Waals surface area contributed by atoms with Crippen LogP contribution < -0.4 is 0 Å². The van der Waals surface area contributed by atoms with Gasteiger partial charge in [-0.1, -0.05) is 36.4 Å². The lowest BCUT2D eigenvalue weighted by atomic mass is 10.0. The number of hydrogen-bond donors (Lipinski definition) is 0. The number of pyridine rings is 1. The Hall–Kier alpha value is -2.55. The standard InChI is InChI=1S/C17H12FNO/c18-15-7-3-1-5-12(15)10-17(20)14-9-13-6-2-4-8-16(13)19-11-14/h1-9,11H,10H2. The maximum atomic E-state index is 13.6. The Kier molecular flexibility index (Phi) is 3.25. The van der Waals surface area contributed by atoms with Gasteiger partial charge in [0.25, 0.3) is 0 Å². The maximum absolute atomic E-state index is 13.6. The van der Waals surface area contributed by atoms with Crippen LogP contribution in [0.2, 0.25) is 0 Å². The molecule has 0 aliphatic heterocycles. The van der Waals surface area contributed by atoms with Crippen molar-refractivity contribution in [2.24, 2.45) is 0 Å². The molecule has 0 saturated heterocycles. The molecule has 0 spiro atoms. The van der Waals surface area contributed by atoms with Gasteiger partial charge < -0.3 is 0 Å². The molecule has 3 rings (SSSR count). The predicted molar refractivity (Wildman–Crippen MR) is 76.2 cm³/mol. The summed E-state index contributed by atoms with van der Waals surface area (Å²) in [5.41, 5.74) is 1.76. The monoisotopic (exact) mass is 265 g/mol. The molecule has 3 heteroatoms. The zero-order valence-corrected chi connectivity index (χ0v) is 10.7. The number of hydrogen-bond acceptors (Lipinski definition) is 2. The summed E-state index contributed by atoms with van der Waals surface area (Å²) in [6.45, 7) is 0. The Balaban J connectivity index is 1.91. The lowest BCUT2D eigenvalue weighted by Gasteiger charge is -2.04. The first-order valence-corrected chi connectivity index (χ1v) is 6.35. The number of ketones is 1. The number of halogens is 1. The van der Waals surface area contributed by atoms with Gasteiger partial charge in [0, 0.05) is 23.6 Å². The van der Waals surface area contributed by atoms with Crippen molar-refractivity contribution in [3.63, 3.8) is 0 Å². The molecule has 20 heavy (non-hydrogen) atoms. The van der Waals surface area contributed by atoms with Gasteiger partial charge >= 0.3 is 0 Å². The molecule has 2 nitrogen and oxygen atoms in total. The minimum Gasteiger partial charge on any atom is -0.294 e. The van der Waals surface area contributed by atoms with Crippen LogP contribution in [0.15, 0.2) is 60.8 Å². The number of Topliss-reactive ketones (excluding diaryl/α,β-unsaturated/α-hetero) is 1. The highest BCUT2D eigenvalue weighted by Gasteiger charge is 2.11. The fraction of sp³-hybridized carbons (Fsp3) is 0.0588. The lowest BCUT2D eigenvalue weighted by molar-refractivity contribution is 0.0991. The van der Waals surface area contributed by atoms with E-state index >= 15 is 0 Å². The van der Waals surface area contributed by atoms with Crippen LogP contribution in [0.4, 0.5) is 4.39 Å². The molecule has 1 heterocycles. The van der Waals surface area contributed by atoms with Gasteiger partial charge in [0.1, 0.15) is 5.82 Å². The molecular formula is C17H12FNO. The predicted octanol–water partition coefficient (Wildman–Crippen LogP) is 3.80. The van der Waals surface area contributed by atoms with Crippen molar-refractivity contribution >= 4 is 16.7 Å². The van der Waals surface area contributed by atoms with Crippen molar-refractivity contribution in [3.05, 3.63) is 77.7 Å². The molecule has 0 fully saturated rings. The van der Waals surface area contributed by atoms with Crippen molar-refractivity contribution in [2.45, 2.75) is 6.42 Å². The van der Waals surface area contributed by atoms with E-state index in [1.807, 2.05) is 24.3 Å². The van der Waals surface area contributed by atoms with Crippen molar-refractivity contribution < 1.29 is 9.18 Å². The van der Waals surface area contributed by atoms with Crippen LogP contribution in [0.3, 0.4) is 0 Å². The molecule has 0 radical (unpaired) electrons. The molecule has 0 saturated carbocycles. The lowest BCUT2D eigenvalue weighted by Crippen LogP contribution is -2.05. The van der Waals surface area contributed by atoms with Crippen molar-refractivity contribution in [2.75, 3.05) is 0 Å². The second kappa shape index (κ2) is 5.21. The fourth-order valence-electron chi connectivity index (χ4n) is 2.14. The quantitative estimate of drug-likeness (QED) is 0.674. The molecule has 1 aromatic heterocycles. The zero-order chi connectivity index (χ0) is 13.9. The van der Waals surface area contributed by atoms with Gasteiger partial charge in [-0.2, -0.15) is 0 Å². The summed E-state index contributed by atoms with van der Waals surface area (Å²) in [4.78, 5) is 16.5. The first-order valence-electron chi connectivity index (χ1n) is 6.35. The molecule has 0 atom stereocenters. The number of nitrogens with zero attached hydrogens (tertiary/aromatic N) is 1. The van der Waals surface area contributed by atoms with E-state index in [0.29, 0.717) is 11.1 Å². The van der Waals surface area contributed by atoms with Crippen molar-refractivity contribution in [3.8, 4) is 0 Å². The molecule has 0 amide bonds. The topological polar surface area (TPSA) is 30.0 Å². The number of carbonyl (C=O) groups is 1. The average molecular weight is 265 g/mol. The van der Waals surface area contributed by atoms with E-state index in [1.165, 1.54) is 6.07 Å². The van der Waals surface area contributed by atoms with Crippen molar-refractivity contribution in [1.29, 1.82) is 0 Å². The highest BCUT2D eigenvalue weighted by Crippen LogP contribution is 2.15. The summed E-state index contributed by atoms with van der Waals surface area (Å²) >= 11 is 0. The van der Waals surface area contributed by atoms with E-state index in [0.717, 1.165) is 10.9 Å². The van der Waals surface area contributed by atoms with Crippen LogP contribution >= 0.6 is 0 Å². The molecule has 0 aliphatic carbocycles. The van der Waals surface area contributed by atoms with Gasteiger partial charge in [-0.25, -0.2) is 4.39 Å². The van der Waals surface area contributed by atoms with Gasteiger partial charge in [0.2, 0.25) is 0 Å². The zero-order valence-electron chi connectivity index (χ0n) is 10.7. The van der Waals surface area contributed by atoms with E-state index in [-0.39, 0.29) is 18.0 Å². The number of benzene rings is 2. The van der Waals surface area contributed by atoms with Crippen LogP contribution in [0, 0.1) is 5.82 Å². The average Bonchev–Trinajstić information content (AvgIpc) is 2.49. The van der Waals surface area contributed by atoms with Gasteiger partial charge in [0.05, 0.1) is 5.52 Å². The summed E-state index contributed by atoms with van der Waals surface area (Å²) < 4.78 is 13.6. The van der Waals surface area contributed by atoms with Crippen LogP contribution in [0.25, 0.3) is 10.9 Å². The largest absolute Gasteiger partial charge is 0.294 e. The number of aromatic nitrogens is 1. The van der Waals surface area contributed by atoms with Crippen LogP contribution in [0.1, 0.15) is 15.9 Å². The molecule has 0 unspecified atom stereocenters. The van der Waals surface area contributed by atoms with E-state index in [2.05, 4.69) is 4.98 Å². The molecular weight excluding hydrogens is 253 g/mol. The second-order valence-corrected chi connectivity index (χ2v) is 4.61. The van der Waals surface area contributed by atoms with Crippen LogP contribution in [-0.4, -0.2) is 10.8 Å². The Morgan fingerprint density at radius 1 is 1.05 bits per heavy atom. The number of carbonyl (C=O) groups excluding carboxylic acids is 1. The fourth-order valence-corrected chi connectivity index (χ4v) is 2.14. The Bertz CT molecular complexity index is 783. The van der Waals surface area contributed by atoms with Crippen LogP contribution in [0.5, 0.6) is 0 Å². The summed E-state index contributed by atoms with van der Waals surface area (Å²) in [6.07, 6.45) is 1.60. The number of para-hydroxylation sites is 1. The minimum atomic E-state index is -0.352. The summed E-state index contributed by atoms with van der Waals surface area (Å²) in [5, 5.41) is 0.909. The summed E-state index contributed by atoms with van der Waals surface area (Å²) in [7, 11) is 0. The maximum Gasteiger partial charge on any atom is 0.168 e. The third-order valence-electron chi connectivity index (χ3n) is 3.22. The first-order chi connectivity index (χ1) is 9.74. The second-order valence-electron chi connectivity index (χ2n) is 4.61. The van der Waals surface area contributed by atoms with Gasteiger partial charge in [-0.15, -0.1) is 0 Å². The third-order valence-corrected chi connectivity index (χ3v) is 3.22. The Morgan fingerprint density at radius 3 is 2.65 bits per heavy atom. The smallest absolute Gasteiger partial charge is 0.168 e. The SMILES string of the molecule is O=C(Cc1ccccc1F)c1cnc2ccccc2c1. The van der Waals surface area contributed by atoms with Gasteiger partial charge in [0.15, 0.2) is 5.78 Å². The number of fused-ring (bicyclic) bond motifs is 1. The molecule has 98 valence electrons. The minimum absolute atomic E-state index is 0.0483. The van der Waals surface area contributed by atoms with Crippen LogP contribution in [-0.2, 0) is 6.42 Å². The molecule has 0 N–H and O–H groups in total. The van der Waals surface area contributed by atoms with E-state index in [1.54, 1.807) is 30.5 Å². The molecule has 0 aliphatic rings. The van der Waals surface area contributed by atoms with Gasteiger partial charge in [-0.05, 0) is 23.8 Å². The Morgan fingerprint density at radius 2 is 1.80 bits per heavy atom. The normalized spacial score (nSPS) is 10.7. The highest BCUT2D eigenvalue weighted by molar-refractivity contribution is 5.99. The van der Waals surface area contributed by atoms with E-state index in [4.69, 9.17) is 0 Å². The third kappa shape index (κ3) is 2.43. The Labute approximate surface area is 115 Å². The summed E-state index contributed by atoms with van der Waals surface area (Å²) in [6, 6.07) is 15.7. The van der Waals surface area contributed by atoms with E-state index < -0.39 is 0 Å². The van der Waals surface area contributed by atoms with Gasteiger partial charge in [-0.3, -0.25) is 9.78 Å². The number of rotatable bonds is 3. The van der Waals surface area contributed by atoms with E-state index in [9.17, 15) is 9.18 Å². The molecule has 3 aromatic rings. The highest BCUT2D eigenvalue weighted by atomic mass is 19.1. The first kappa shape index (κ1) is 12.5. The molecule has 0 bridgehead atoms. The summed E-state index contributed by atoms with van der Waals surface area (Å²) in [5.74, 6) is -0.483. The molecule has 2 aromatic carbocycles. The van der Waals surface area contributed by atoms with Crippen molar-refractivity contribution in [1.82, 2.24) is 4.98 Å².